The number of hydrogen-bond acceptors (Lipinski definition) is 4. The number of sulfonamides is 1. The molecule has 6 heteroatoms. The number of aliphatic hydroxyl groups is 1. The van der Waals surface area contributed by atoms with Crippen molar-refractivity contribution in [2.75, 3.05) is 26.1 Å². The smallest absolute Gasteiger partial charge is 0.212 e. The average molecular weight is 265 g/mol. The fraction of sp³-hybridized carbons (Fsp3) is 1.00. The molecule has 1 aliphatic rings. The molecule has 1 saturated carbocycles. The SMILES string of the molecule is COCC(CO)NS(=O)(=O)CC1CCCCC1. The van der Waals surface area contributed by atoms with Crippen molar-refractivity contribution in [2.24, 2.45) is 5.92 Å². The van der Waals surface area contributed by atoms with E-state index in [0.29, 0.717) is 0 Å². The third-order valence-corrected chi connectivity index (χ3v) is 4.72. The van der Waals surface area contributed by atoms with Crippen LogP contribution in [-0.4, -0.2) is 45.6 Å². The predicted molar refractivity (Wildman–Crippen MR) is 66.2 cm³/mol. The average Bonchev–Trinajstić information content (AvgIpc) is 2.29. The first-order valence-electron chi connectivity index (χ1n) is 6.17. The first-order valence-corrected chi connectivity index (χ1v) is 7.82. The molecule has 0 heterocycles. The highest BCUT2D eigenvalue weighted by atomic mass is 32.2. The zero-order valence-electron chi connectivity index (χ0n) is 10.4. The zero-order chi connectivity index (χ0) is 12.7. The first kappa shape index (κ1) is 14.9. The molecule has 1 unspecified atom stereocenters. The van der Waals surface area contributed by atoms with E-state index in [1.54, 1.807) is 0 Å². The molecular weight excluding hydrogens is 242 g/mol. The molecule has 1 atom stereocenters. The van der Waals surface area contributed by atoms with Crippen LogP contribution in [0.2, 0.25) is 0 Å². The minimum Gasteiger partial charge on any atom is -0.395 e. The Kier molecular flexibility index (Phi) is 6.40. The van der Waals surface area contributed by atoms with E-state index in [1.807, 2.05) is 0 Å². The number of rotatable bonds is 7. The van der Waals surface area contributed by atoms with Gasteiger partial charge in [0.1, 0.15) is 0 Å². The van der Waals surface area contributed by atoms with E-state index in [-0.39, 0.29) is 24.9 Å². The highest BCUT2D eigenvalue weighted by molar-refractivity contribution is 7.89. The van der Waals surface area contributed by atoms with Crippen LogP contribution >= 0.6 is 0 Å². The van der Waals surface area contributed by atoms with Crippen LogP contribution in [0.15, 0.2) is 0 Å². The lowest BCUT2D eigenvalue weighted by Crippen LogP contribution is -2.42. The summed E-state index contributed by atoms with van der Waals surface area (Å²) in [5.74, 6) is 0.441. The number of ether oxygens (including phenoxy) is 1. The Morgan fingerprint density at radius 2 is 2.00 bits per heavy atom. The second-order valence-electron chi connectivity index (χ2n) is 4.74. The van der Waals surface area contributed by atoms with Crippen molar-refractivity contribution in [3.8, 4) is 0 Å². The second kappa shape index (κ2) is 7.31. The number of aliphatic hydroxyl groups excluding tert-OH is 1. The maximum atomic E-state index is 11.9. The Morgan fingerprint density at radius 1 is 1.35 bits per heavy atom. The van der Waals surface area contributed by atoms with Crippen LogP contribution < -0.4 is 4.72 Å². The van der Waals surface area contributed by atoms with Gasteiger partial charge < -0.3 is 9.84 Å². The van der Waals surface area contributed by atoms with Crippen LogP contribution in [-0.2, 0) is 14.8 Å². The molecule has 1 aliphatic carbocycles. The third kappa shape index (κ3) is 5.81. The van der Waals surface area contributed by atoms with Gasteiger partial charge in [-0.2, -0.15) is 0 Å². The summed E-state index contributed by atoms with van der Waals surface area (Å²) in [6.07, 6.45) is 5.46. The van der Waals surface area contributed by atoms with Gasteiger partial charge in [-0.05, 0) is 18.8 Å². The van der Waals surface area contributed by atoms with E-state index in [1.165, 1.54) is 13.5 Å². The van der Waals surface area contributed by atoms with Crippen molar-refractivity contribution < 1.29 is 18.3 Å². The van der Waals surface area contributed by atoms with Crippen molar-refractivity contribution in [1.82, 2.24) is 4.72 Å². The summed E-state index contributed by atoms with van der Waals surface area (Å²) in [6, 6.07) is -0.534. The van der Waals surface area contributed by atoms with Gasteiger partial charge in [-0.25, -0.2) is 13.1 Å². The Balaban J connectivity index is 2.43. The van der Waals surface area contributed by atoms with Crippen LogP contribution in [0.1, 0.15) is 32.1 Å². The lowest BCUT2D eigenvalue weighted by atomic mass is 9.91. The lowest BCUT2D eigenvalue weighted by Gasteiger charge is -2.23. The normalized spacial score (nSPS) is 20.4. The van der Waals surface area contributed by atoms with Gasteiger partial charge in [-0.15, -0.1) is 0 Å². The third-order valence-electron chi connectivity index (χ3n) is 3.11. The minimum absolute atomic E-state index is 0.174. The lowest BCUT2D eigenvalue weighted by molar-refractivity contribution is 0.139. The summed E-state index contributed by atoms with van der Waals surface area (Å²) < 4.78 is 31.1. The molecule has 1 rings (SSSR count). The topological polar surface area (TPSA) is 75.6 Å². The van der Waals surface area contributed by atoms with Crippen LogP contribution in [0, 0.1) is 5.92 Å². The molecule has 0 aromatic carbocycles. The van der Waals surface area contributed by atoms with Crippen molar-refractivity contribution in [2.45, 2.75) is 38.1 Å². The van der Waals surface area contributed by atoms with Gasteiger partial charge in [0, 0.05) is 7.11 Å². The highest BCUT2D eigenvalue weighted by Crippen LogP contribution is 2.24. The standard InChI is InChI=1S/C11H23NO4S/c1-16-8-11(7-13)12-17(14,15)9-10-5-3-2-4-6-10/h10-13H,2-9H2,1H3. The summed E-state index contributed by atoms with van der Waals surface area (Å²) in [5.41, 5.74) is 0. The zero-order valence-corrected chi connectivity index (χ0v) is 11.2. The van der Waals surface area contributed by atoms with Crippen LogP contribution in [0.3, 0.4) is 0 Å². The summed E-state index contributed by atoms with van der Waals surface area (Å²) >= 11 is 0. The molecule has 17 heavy (non-hydrogen) atoms. The summed E-state index contributed by atoms with van der Waals surface area (Å²) in [5, 5.41) is 9.02. The van der Waals surface area contributed by atoms with Crippen LogP contribution in [0.5, 0.6) is 0 Å². The number of hydrogen-bond donors (Lipinski definition) is 2. The van der Waals surface area contributed by atoms with Crippen molar-refractivity contribution in [3.05, 3.63) is 0 Å². The van der Waals surface area contributed by atoms with E-state index in [9.17, 15) is 8.42 Å². The van der Waals surface area contributed by atoms with E-state index in [0.717, 1.165) is 25.7 Å². The van der Waals surface area contributed by atoms with Gasteiger partial charge in [0.15, 0.2) is 0 Å². The van der Waals surface area contributed by atoms with Gasteiger partial charge >= 0.3 is 0 Å². The van der Waals surface area contributed by atoms with E-state index < -0.39 is 16.1 Å². The predicted octanol–water partition coefficient (Wildman–Crippen LogP) is 0.493. The molecular formula is C11H23NO4S. The molecule has 0 aromatic rings. The van der Waals surface area contributed by atoms with Gasteiger partial charge in [0.05, 0.1) is 25.0 Å². The maximum Gasteiger partial charge on any atom is 0.212 e. The Hall–Kier alpha value is -0.170. The molecule has 0 spiro atoms. The van der Waals surface area contributed by atoms with E-state index in [4.69, 9.17) is 9.84 Å². The molecule has 0 aromatic heterocycles. The first-order chi connectivity index (χ1) is 8.07. The molecule has 0 aliphatic heterocycles. The minimum atomic E-state index is -3.30. The van der Waals surface area contributed by atoms with Gasteiger partial charge in [-0.3, -0.25) is 0 Å². The number of methoxy groups -OCH3 is 1. The van der Waals surface area contributed by atoms with Gasteiger partial charge in [0.2, 0.25) is 10.0 Å². The number of nitrogens with one attached hydrogen (secondary N) is 1. The summed E-state index contributed by atoms with van der Waals surface area (Å²) in [7, 11) is -1.82. The van der Waals surface area contributed by atoms with Crippen LogP contribution in [0.25, 0.3) is 0 Å². The van der Waals surface area contributed by atoms with Crippen molar-refractivity contribution in [3.63, 3.8) is 0 Å². The van der Waals surface area contributed by atoms with Crippen molar-refractivity contribution in [1.29, 1.82) is 0 Å². The van der Waals surface area contributed by atoms with Gasteiger partial charge in [-0.1, -0.05) is 19.3 Å². The molecule has 0 bridgehead atoms. The summed E-state index contributed by atoms with van der Waals surface area (Å²) in [4.78, 5) is 0. The molecule has 0 radical (unpaired) electrons. The molecule has 0 saturated heterocycles. The molecule has 102 valence electrons. The highest BCUT2D eigenvalue weighted by Gasteiger charge is 2.23. The molecule has 5 nitrogen and oxygen atoms in total. The Labute approximate surface area is 104 Å². The fourth-order valence-corrected chi connectivity index (χ4v) is 3.99. The van der Waals surface area contributed by atoms with Crippen LogP contribution in [0.4, 0.5) is 0 Å². The largest absolute Gasteiger partial charge is 0.395 e. The van der Waals surface area contributed by atoms with E-state index in [2.05, 4.69) is 4.72 Å². The van der Waals surface area contributed by atoms with Crippen molar-refractivity contribution >= 4 is 10.0 Å². The summed E-state index contributed by atoms with van der Waals surface area (Å²) in [6.45, 7) is -0.0435. The second-order valence-corrected chi connectivity index (χ2v) is 6.54. The Bertz CT molecular complexity index is 286. The fourth-order valence-electron chi connectivity index (χ4n) is 2.29. The molecule has 1 fully saturated rings. The molecule has 2 N–H and O–H groups in total. The Morgan fingerprint density at radius 3 is 2.53 bits per heavy atom. The van der Waals surface area contributed by atoms with E-state index >= 15 is 0 Å². The monoisotopic (exact) mass is 265 g/mol. The molecule has 0 amide bonds. The quantitative estimate of drug-likeness (QED) is 0.702. The van der Waals surface area contributed by atoms with Gasteiger partial charge in [0.25, 0.3) is 0 Å². The maximum absolute atomic E-state index is 11.9.